The van der Waals surface area contributed by atoms with Gasteiger partial charge < -0.3 is 15.0 Å². The zero-order valence-electron chi connectivity index (χ0n) is 12.4. The Morgan fingerprint density at radius 1 is 1.32 bits per heavy atom. The van der Waals surface area contributed by atoms with Gasteiger partial charge in [-0.05, 0) is 58.0 Å². The summed E-state index contributed by atoms with van der Waals surface area (Å²) in [5, 5.41) is 3.42. The Hall–Kier alpha value is -1.06. The molecule has 1 heterocycles. The maximum Gasteiger partial charge on any atom is 0.122 e. The number of benzene rings is 1. The number of rotatable bonds is 5. The number of hydrogen-bond donors (Lipinski definition) is 1. The van der Waals surface area contributed by atoms with Gasteiger partial charge in [0.2, 0.25) is 0 Å². The fourth-order valence-corrected chi connectivity index (χ4v) is 2.83. The molecule has 0 unspecified atom stereocenters. The minimum atomic E-state index is 0.733. The van der Waals surface area contributed by atoms with Gasteiger partial charge in [0.25, 0.3) is 0 Å². The lowest BCUT2D eigenvalue weighted by atomic mass is 10.0. The fourth-order valence-electron chi connectivity index (χ4n) is 2.83. The molecule has 1 aliphatic heterocycles. The van der Waals surface area contributed by atoms with Gasteiger partial charge in [0.1, 0.15) is 5.75 Å². The highest BCUT2D eigenvalue weighted by Crippen LogP contribution is 2.21. The van der Waals surface area contributed by atoms with Crippen LogP contribution in [0.3, 0.4) is 0 Å². The highest BCUT2D eigenvalue weighted by atomic mass is 16.5. The summed E-state index contributed by atoms with van der Waals surface area (Å²) in [7, 11) is 4.00. The second-order valence-corrected chi connectivity index (χ2v) is 5.53. The average molecular weight is 262 g/mol. The zero-order valence-corrected chi connectivity index (χ0v) is 12.4. The number of methoxy groups -OCH3 is 1. The maximum absolute atomic E-state index is 5.45. The molecular formula is C16H26N2O. The van der Waals surface area contributed by atoms with Crippen molar-refractivity contribution in [3.05, 3.63) is 29.3 Å². The van der Waals surface area contributed by atoms with E-state index in [1.54, 1.807) is 7.11 Å². The number of nitrogens with zero attached hydrogens (tertiary/aromatic N) is 1. The van der Waals surface area contributed by atoms with Crippen molar-refractivity contribution in [3.63, 3.8) is 0 Å². The Kier molecular flexibility index (Phi) is 5.23. The van der Waals surface area contributed by atoms with Crippen LogP contribution in [0.4, 0.5) is 0 Å². The van der Waals surface area contributed by atoms with E-state index in [9.17, 15) is 0 Å². The van der Waals surface area contributed by atoms with Crippen molar-refractivity contribution < 1.29 is 4.74 Å². The number of nitrogens with one attached hydrogen (secondary N) is 1. The van der Waals surface area contributed by atoms with Crippen molar-refractivity contribution in [1.29, 1.82) is 0 Å². The number of ether oxygens (including phenoxy) is 1. The third-order valence-electron chi connectivity index (χ3n) is 4.10. The van der Waals surface area contributed by atoms with Crippen LogP contribution in [0.15, 0.2) is 18.2 Å². The third kappa shape index (κ3) is 3.95. The molecule has 2 rings (SSSR count). The third-order valence-corrected chi connectivity index (χ3v) is 4.10. The van der Waals surface area contributed by atoms with Gasteiger partial charge in [0.15, 0.2) is 0 Å². The van der Waals surface area contributed by atoms with Gasteiger partial charge in [-0.1, -0.05) is 17.7 Å². The summed E-state index contributed by atoms with van der Waals surface area (Å²) in [6.07, 6.45) is 3.59. The van der Waals surface area contributed by atoms with Crippen LogP contribution in [0.25, 0.3) is 0 Å². The molecule has 0 atom stereocenters. The Morgan fingerprint density at radius 2 is 2.05 bits per heavy atom. The van der Waals surface area contributed by atoms with Crippen LogP contribution in [0, 0.1) is 6.92 Å². The lowest BCUT2D eigenvalue weighted by molar-refractivity contribution is 0.200. The highest BCUT2D eigenvalue weighted by Gasteiger charge is 2.17. The number of aryl methyl sites for hydroxylation is 1. The number of hydrogen-bond acceptors (Lipinski definition) is 3. The molecule has 0 radical (unpaired) electrons. The summed E-state index contributed by atoms with van der Waals surface area (Å²) in [4.78, 5) is 2.50. The Morgan fingerprint density at radius 3 is 2.74 bits per heavy atom. The van der Waals surface area contributed by atoms with Crippen molar-refractivity contribution >= 4 is 0 Å². The number of likely N-dealkylation sites (N-methyl/N-ethyl adjacent to an activating group) is 1. The molecular weight excluding hydrogens is 236 g/mol. The molecule has 3 nitrogen and oxygen atoms in total. The first kappa shape index (κ1) is 14.4. The van der Waals surface area contributed by atoms with E-state index >= 15 is 0 Å². The number of piperidine rings is 1. The molecule has 19 heavy (non-hydrogen) atoms. The van der Waals surface area contributed by atoms with Crippen molar-refractivity contribution in [2.45, 2.75) is 32.2 Å². The summed E-state index contributed by atoms with van der Waals surface area (Å²) >= 11 is 0. The smallest absolute Gasteiger partial charge is 0.122 e. The molecule has 0 aromatic heterocycles. The molecule has 3 heteroatoms. The summed E-state index contributed by atoms with van der Waals surface area (Å²) in [6, 6.07) is 7.17. The van der Waals surface area contributed by atoms with Crippen LogP contribution in [0.5, 0.6) is 5.75 Å². The van der Waals surface area contributed by atoms with Crippen LogP contribution < -0.4 is 10.1 Å². The first-order valence-electron chi connectivity index (χ1n) is 7.25. The standard InChI is InChI=1S/C16H26N2O/c1-13-4-5-16(19-3)14(12-13)8-11-18(2)15-6-9-17-10-7-15/h4-5,12,15,17H,6-11H2,1-3H3. The molecule has 1 aromatic carbocycles. The molecule has 1 N–H and O–H groups in total. The summed E-state index contributed by atoms with van der Waals surface area (Å²) in [5.74, 6) is 1.02. The van der Waals surface area contributed by atoms with Crippen molar-refractivity contribution in [3.8, 4) is 5.75 Å². The molecule has 0 amide bonds. The summed E-state index contributed by atoms with van der Waals surface area (Å²) in [6.45, 7) is 5.55. The normalized spacial score (nSPS) is 16.8. The second-order valence-electron chi connectivity index (χ2n) is 5.53. The van der Waals surface area contributed by atoms with E-state index in [1.807, 2.05) is 0 Å². The zero-order chi connectivity index (χ0) is 13.7. The topological polar surface area (TPSA) is 24.5 Å². The van der Waals surface area contributed by atoms with E-state index in [0.717, 1.165) is 37.8 Å². The molecule has 1 aromatic rings. The lowest BCUT2D eigenvalue weighted by Gasteiger charge is -2.31. The second kappa shape index (κ2) is 6.92. The Labute approximate surface area is 116 Å². The average Bonchev–Trinajstić information content (AvgIpc) is 2.46. The SMILES string of the molecule is COc1ccc(C)cc1CCN(C)C1CCNCC1. The molecule has 1 fully saturated rings. The minimum Gasteiger partial charge on any atom is -0.496 e. The fraction of sp³-hybridized carbons (Fsp3) is 0.625. The molecule has 1 aliphatic rings. The predicted octanol–water partition coefficient (Wildman–Crippen LogP) is 2.23. The predicted molar refractivity (Wildman–Crippen MR) is 80.0 cm³/mol. The van der Waals surface area contributed by atoms with Gasteiger partial charge >= 0.3 is 0 Å². The van der Waals surface area contributed by atoms with E-state index < -0.39 is 0 Å². The first-order chi connectivity index (χ1) is 9.20. The van der Waals surface area contributed by atoms with E-state index in [2.05, 4.69) is 42.4 Å². The van der Waals surface area contributed by atoms with Crippen molar-refractivity contribution in [2.24, 2.45) is 0 Å². The summed E-state index contributed by atoms with van der Waals surface area (Å²) in [5.41, 5.74) is 2.63. The van der Waals surface area contributed by atoms with Gasteiger partial charge in [-0.15, -0.1) is 0 Å². The van der Waals surface area contributed by atoms with Crippen LogP contribution >= 0.6 is 0 Å². The van der Waals surface area contributed by atoms with Crippen LogP contribution in [0.2, 0.25) is 0 Å². The molecule has 0 spiro atoms. The van der Waals surface area contributed by atoms with Crippen molar-refractivity contribution in [2.75, 3.05) is 33.8 Å². The van der Waals surface area contributed by atoms with Gasteiger partial charge in [-0.3, -0.25) is 0 Å². The quantitative estimate of drug-likeness (QED) is 0.880. The molecule has 0 aliphatic carbocycles. The Bertz CT molecular complexity index is 400. The van der Waals surface area contributed by atoms with Gasteiger partial charge in [-0.25, -0.2) is 0 Å². The monoisotopic (exact) mass is 262 g/mol. The molecule has 0 bridgehead atoms. The lowest BCUT2D eigenvalue weighted by Crippen LogP contribution is -2.41. The van der Waals surface area contributed by atoms with E-state index in [-0.39, 0.29) is 0 Å². The molecule has 1 saturated heterocycles. The minimum absolute atomic E-state index is 0.733. The largest absolute Gasteiger partial charge is 0.496 e. The van der Waals surface area contributed by atoms with Crippen LogP contribution in [-0.4, -0.2) is 44.7 Å². The van der Waals surface area contributed by atoms with E-state index in [0.29, 0.717) is 0 Å². The van der Waals surface area contributed by atoms with Gasteiger partial charge in [0, 0.05) is 12.6 Å². The Balaban J connectivity index is 1.92. The van der Waals surface area contributed by atoms with Gasteiger partial charge in [-0.2, -0.15) is 0 Å². The molecule has 106 valence electrons. The first-order valence-corrected chi connectivity index (χ1v) is 7.25. The van der Waals surface area contributed by atoms with E-state index in [1.165, 1.54) is 24.0 Å². The van der Waals surface area contributed by atoms with Crippen molar-refractivity contribution in [1.82, 2.24) is 10.2 Å². The van der Waals surface area contributed by atoms with E-state index in [4.69, 9.17) is 4.74 Å². The molecule has 0 saturated carbocycles. The highest BCUT2D eigenvalue weighted by molar-refractivity contribution is 5.37. The van der Waals surface area contributed by atoms with Gasteiger partial charge in [0.05, 0.1) is 7.11 Å². The van der Waals surface area contributed by atoms with Crippen LogP contribution in [0.1, 0.15) is 24.0 Å². The van der Waals surface area contributed by atoms with Crippen LogP contribution in [-0.2, 0) is 6.42 Å². The summed E-state index contributed by atoms with van der Waals surface area (Å²) < 4.78 is 5.45. The maximum atomic E-state index is 5.45.